The van der Waals surface area contributed by atoms with Crippen molar-refractivity contribution in [3.8, 4) is 5.75 Å². The van der Waals surface area contributed by atoms with Crippen LogP contribution in [0.4, 0.5) is 11.4 Å². The second-order valence-corrected chi connectivity index (χ2v) is 8.70. The van der Waals surface area contributed by atoms with Crippen LogP contribution >= 0.6 is 11.6 Å². The van der Waals surface area contributed by atoms with Crippen molar-refractivity contribution in [2.24, 2.45) is 0 Å². The van der Waals surface area contributed by atoms with Gasteiger partial charge in [-0.05, 0) is 49.4 Å². The van der Waals surface area contributed by atoms with Crippen LogP contribution in [0.2, 0.25) is 5.02 Å². The highest BCUT2D eigenvalue weighted by Crippen LogP contribution is 2.31. The molecule has 0 saturated carbocycles. The molecular formula is C21H17ClN2O6S. The second-order valence-electron chi connectivity index (χ2n) is 6.51. The molecule has 0 bridgehead atoms. The van der Waals surface area contributed by atoms with Crippen LogP contribution < -0.4 is 9.04 Å². The molecule has 31 heavy (non-hydrogen) atoms. The molecule has 0 aromatic heterocycles. The Hall–Kier alpha value is -3.43. The standard InChI is InChI=1S/C21H17ClN2O6S/c1-14-3-10-18(11-4-14)31(28,29)23(15-5-8-17(30-2)9-6-15)21(25)19-12-7-16(24(26)27)13-20(19)22/h3-13H,1-2H3. The lowest BCUT2D eigenvalue weighted by molar-refractivity contribution is -0.384. The van der Waals surface area contributed by atoms with E-state index in [0.717, 1.165) is 23.8 Å². The normalized spacial score (nSPS) is 11.1. The summed E-state index contributed by atoms with van der Waals surface area (Å²) >= 11 is 6.10. The fourth-order valence-electron chi connectivity index (χ4n) is 2.80. The van der Waals surface area contributed by atoms with Crippen molar-refractivity contribution in [2.45, 2.75) is 11.8 Å². The van der Waals surface area contributed by atoms with Crippen LogP contribution in [0.3, 0.4) is 0 Å². The Morgan fingerprint density at radius 2 is 1.65 bits per heavy atom. The van der Waals surface area contributed by atoms with Gasteiger partial charge in [-0.2, -0.15) is 4.31 Å². The highest BCUT2D eigenvalue weighted by Gasteiger charge is 2.33. The van der Waals surface area contributed by atoms with Crippen molar-refractivity contribution in [1.82, 2.24) is 0 Å². The van der Waals surface area contributed by atoms with Gasteiger partial charge in [0.15, 0.2) is 0 Å². The fourth-order valence-corrected chi connectivity index (χ4v) is 4.46. The maximum Gasteiger partial charge on any atom is 0.273 e. The molecule has 0 radical (unpaired) electrons. The van der Waals surface area contributed by atoms with E-state index in [2.05, 4.69) is 0 Å². The first kappa shape index (κ1) is 22.3. The molecule has 0 fully saturated rings. The maximum absolute atomic E-state index is 13.4. The molecule has 0 atom stereocenters. The number of ether oxygens (including phenoxy) is 1. The summed E-state index contributed by atoms with van der Waals surface area (Å²) in [6.07, 6.45) is 0. The third kappa shape index (κ3) is 4.52. The van der Waals surface area contributed by atoms with Gasteiger partial charge < -0.3 is 4.74 Å². The molecule has 1 amide bonds. The smallest absolute Gasteiger partial charge is 0.273 e. The van der Waals surface area contributed by atoms with Crippen molar-refractivity contribution < 1.29 is 22.9 Å². The first-order chi connectivity index (χ1) is 14.6. The monoisotopic (exact) mass is 460 g/mol. The molecule has 0 N–H and O–H groups in total. The minimum absolute atomic E-state index is 0.0563. The average molecular weight is 461 g/mol. The van der Waals surface area contributed by atoms with Crippen LogP contribution in [-0.4, -0.2) is 26.4 Å². The third-order valence-electron chi connectivity index (χ3n) is 4.44. The topological polar surface area (TPSA) is 107 Å². The molecule has 3 rings (SSSR count). The van der Waals surface area contributed by atoms with Gasteiger partial charge in [0.2, 0.25) is 0 Å². The van der Waals surface area contributed by atoms with E-state index in [0.29, 0.717) is 10.1 Å². The Labute approximate surface area is 183 Å². The number of rotatable bonds is 6. The number of halogens is 1. The Morgan fingerprint density at radius 3 is 2.16 bits per heavy atom. The third-order valence-corrected chi connectivity index (χ3v) is 6.48. The summed E-state index contributed by atoms with van der Waals surface area (Å²) in [6.45, 7) is 1.80. The van der Waals surface area contributed by atoms with E-state index >= 15 is 0 Å². The van der Waals surface area contributed by atoms with Crippen molar-refractivity contribution in [3.05, 3.63) is 93.0 Å². The summed E-state index contributed by atoms with van der Waals surface area (Å²) in [5.41, 5.74) is 0.387. The minimum atomic E-state index is -4.33. The Kier molecular flexibility index (Phi) is 6.28. The van der Waals surface area contributed by atoms with Crippen LogP contribution in [0.1, 0.15) is 15.9 Å². The Morgan fingerprint density at radius 1 is 1.03 bits per heavy atom. The highest BCUT2D eigenvalue weighted by atomic mass is 35.5. The SMILES string of the molecule is COc1ccc(N(C(=O)c2ccc([N+](=O)[O-])cc2Cl)S(=O)(=O)c2ccc(C)cc2)cc1. The molecule has 160 valence electrons. The van der Waals surface area contributed by atoms with E-state index in [1.807, 2.05) is 0 Å². The number of aryl methyl sites for hydroxylation is 1. The van der Waals surface area contributed by atoms with Gasteiger partial charge in [0.05, 0.1) is 33.2 Å². The molecular weight excluding hydrogens is 444 g/mol. The van der Waals surface area contributed by atoms with Gasteiger partial charge in [-0.3, -0.25) is 14.9 Å². The number of nitro benzene ring substituents is 1. The molecule has 0 aliphatic carbocycles. The number of sulfonamides is 1. The summed E-state index contributed by atoms with van der Waals surface area (Å²) in [6, 6.07) is 15.1. The number of methoxy groups -OCH3 is 1. The van der Waals surface area contributed by atoms with Gasteiger partial charge in [0, 0.05) is 12.1 Å². The summed E-state index contributed by atoms with van der Waals surface area (Å²) < 4.78 is 32.6. The lowest BCUT2D eigenvalue weighted by atomic mass is 10.2. The van der Waals surface area contributed by atoms with E-state index in [1.54, 1.807) is 19.1 Å². The zero-order chi connectivity index (χ0) is 22.8. The van der Waals surface area contributed by atoms with Crippen LogP contribution in [-0.2, 0) is 10.0 Å². The number of non-ortho nitro benzene ring substituents is 1. The molecule has 3 aromatic rings. The zero-order valence-corrected chi connectivity index (χ0v) is 18.1. The molecule has 0 unspecified atom stereocenters. The van der Waals surface area contributed by atoms with E-state index in [1.165, 1.54) is 43.5 Å². The summed E-state index contributed by atoms with van der Waals surface area (Å²) in [5.74, 6) is -0.483. The van der Waals surface area contributed by atoms with Gasteiger partial charge >= 0.3 is 0 Å². The number of amides is 1. The number of carbonyl (C=O) groups is 1. The van der Waals surface area contributed by atoms with Crippen LogP contribution in [0.25, 0.3) is 0 Å². The molecule has 0 aliphatic rings. The number of nitrogens with zero attached hydrogens (tertiary/aromatic N) is 2. The molecule has 8 nitrogen and oxygen atoms in total. The van der Waals surface area contributed by atoms with Crippen molar-refractivity contribution in [2.75, 3.05) is 11.4 Å². The number of hydrogen-bond acceptors (Lipinski definition) is 6. The lowest BCUT2D eigenvalue weighted by Gasteiger charge is -2.23. The average Bonchev–Trinajstić information content (AvgIpc) is 2.74. The van der Waals surface area contributed by atoms with Crippen molar-refractivity contribution in [1.29, 1.82) is 0 Å². The van der Waals surface area contributed by atoms with Crippen LogP contribution in [0.5, 0.6) is 5.75 Å². The Bertz CT molecular complexity index is 1240. The molecule has 0 saturated heterocycles. The first-order valence-electron chi connectivity index (χ1n) is 8.89. The van der Waals surface area contributed by atoms with Crippen LogP contribution in [0.15, 0.2) is 71.6 Å². The second kappa shape index (κ2) is 8.75. The van der Waals surface area contributed by atoms with E-state index < -0.39 is 20.9 Å². The summed E-state index contributed by atoms with van der Waals surface area (Å²) in [7, 11) is -2.87. The Balaban J connectivity index is 2.17. The number of benzene rings is 3. The van der Waals surface area contributed by atoms with Gasteiger partial charge in [-0.15, -0.1) is 0 Å². The number of anilines is 1. The van der Waals surface area contributed by atoms with E-state index in [-0.39, 0.29) is 26.9 Å². The number of carbonyl (C=O) groups excluding carboxylic acids is 1. The molecule has 0 heterocycles. The maximum atomic E-state index is 13.4. The molecule has 0 aliphatic heterocycles. The predicted octanol–water partition coefficient (Wildman–Crippen LogP) is 4.60. The largest absolute Gasteiger partial charge is 0.497 e. The fraction of sp³-hybridized carbons (Fsp3) is 0.0952. The molecule has 0 spiro atoms. The zero-order valence-electron chi connectivity index (χ0n) is 16.5. The number of nitro groups is 1. The van der Waals surface area contributed by atoms with Crippen LogP contribution in [0, 0.1) is 17.0 Å². The van der Waals surface area contributed by atoms with E-state index in [4.69, 9.17) is 16.3 Å². The molecule has 3 aromatic carbocycles. The van der Waals surface area contributed by atoms with E-state index in [9.17, 15) is 23.3 Å². The van der Waals surface area contributed by atoms with Gasteiger partial charge in [-0.25, -0.2) is 8.42 Å². The lowest BCUT2D eigenvalue weighted by Crippen LogP contribution is -2.37. The van der Waals surface area contributed by atoms with Gasteiger partial charge in [0.25, 0.3) is 21.6 Å². The molecule has 10 heteroatoms. The quantitative estimate of drug-likeness (QED) is 0.393. The van der Waals surface area contributed by atoms with Gasteiger partial charge in [-0.1, -0.05) is 29.3 Å². The van der Waals surface area contributed by atoms with Crippen molar-refractivity contribution >= 4 is 38.9 Å². The minimum Gasteiger partial charge on any atom is -0.497 e. The van der Waals surface area contributed by atoms with Gasteiger partial charge in [0.1, 0.15) is 5.75 Å². The number of hydrogen-bond donors (Lipinski definition) is 0. The summed E-state index contributed by atoms with van der Waals surface area (Å²) in [5, 5.41) is 10.7. The summed E-state index contributed by atoms with van der Waals surface area (Å²) in [4.78, 5) is 23.6. The van der Waals surface area contributed by atoms with Crippen molar-refractivity contribution in [3.63, 3.8) is 0 Å². The predicted molar refractivity (Wildman–Crippen MR) is 116 cm³/mol. The first-order valence-corrected chi connectivity index (χ1v) is 10.7. The highest BCUT2D eigenvalue weighted by molar-refractivity contribution is 7.93.